The molecule has 1 aromatic heterocycles. The van der Waals surface area contributed by atoms with Crippen molar-refractivity contribution in [2.45, 2.75) is 51.4 Å². The first-order valence-corrected chi connectivity index (χ1v) is 14.2. The Balaban J connectivity index is 1.20. The molecule has 1 atom stereocenters. The van der Waals surface area contributed by atoms with Gasteiger partial charge in [0.25, 0.3) is 5.91 Å². The molecule has 2 saturated heterocycles. The van der Waals surface area contributed by atoms with E-state index >= 15 is 0 Å². The highest BCUT2D eigenvalue weighted by atomic mass is 32.1. The molecule has 2 aromatic carbocycles. The van der Waals surface area contributed by atoms with Gasteiger partial charge >= 0.3 is 0 Å². The molecule has 37 heavy (non-hydrogen) atoms. The highest BCUT2D eigenvalue weighted by Gasteiger charge is 2.20. The molecule has 196 valence electrons. The summed E-state index contributed by atoms with van der Waals surface area (Å²) in [5.41, 5.74) is 3.89. The molecule has 0 saturated carbocycles. The summed E-state index contributed by atoms with van der Waals surface area (Å²) in [4.78, 5) is 18.2. The monoisotopic (exact) mass is 518 g/mol. The minimum Gasteiger partial charge on any atom is -0.488 e. The first kappa shape index (κ1) is 25.9. The molecule has 0 aliphatic carbocycles. The minimum absolute atomic E-state index is 0.0778. The molecular weight excluding hydrogens is 480 g/mol. The fourth-order valence-electron chi connectivity index (χ4n) is 4.86. The van der Waals surface area contributed by atoms with Gasteiger partial charge in [-0.25, -0.2) is 0 Å². The van der Waals surface area contributed by atoms with Crippen LogP contribution in [0.5, 0.6) is 5.75 Å². The van der Waals surface area contributed by atoms with Gasteiger partial charge in [-0.1, -0.05) is 24.3 Å². The maximum atomic E-state index is 13.2. The van der Waals surface area contributed by atoms with Crippen molar-refractivity contribution in [3.05, 3.63) is 76.2 Å². The summed E-state index contributed by atoms with van der Waals surface area (Å²) in [5, 5.41) is 10.1. The van der Waals surface area contributed by atoms with Crippen LogP contribution in [0.25, 0.3) is 10.4 Å². The number of thiophene rings is 1. The molecule has 7 heteroatoms. The molecule has 2 aliphatic heterocycles. The number of hydrogen-bond donors (Lipinski definition) is 3. The van der Waals surface area contributed by atoms with Crippen LogP contribution in [-0.2, 0) is 6.54 Å². The lowest BCUT2D eigenvalue weighted by atomic mass is 10.0. The number of carbonyl (C=O) groups excluding carboxylic acids is 1. The molecule has 0 bridgehead atoms. The molecule has 0 radical (unpaired) electrons. The van der Waals surface area contributed by atoms with E-state index < -0.39 is 0 Å². The lowest BCUT2D eigenvalue weighted by molar-refractivity contribution is 0.0937. The summed E-state index contributed by atoms with van der Waals surface area (Å²) in [6, 6.07) is 19.2. The van der Waals surface area contributed by atoms with Crippen molar-refractivity contribution >= 4 is 17.2 Å². The molecule has 2 aliphatic rings. The van der Waals surface area contributed by atoms with E-state index in [1.807, 2.05) is 43.4 Å². The number of ether oxygens (including phenoxy) is 1. The predicted octanol–water partition coefficient (Wildman–Crippen LogP) is 4.75. The van der Waals surface area contributed by atoms with Gasteiger partial charge in [0, 0.05) is 41.0 Å². The van der Waals surface area contributed by atoms with Crippen LogP contribution in [0.3, 0.4) is 0 Å². The van der Waals surface area contributed by atoms with Crippen LogP contribution in [-0.4, -0.2) is 56.2 Å². The van der Waals surface area contributed by atoms with Crippen LogP contribution in [0.1, 0.15) is 52.2 Å². The Morgan fingerprint density at radius 1 is 1.14 bits per heavy atom. The highest BCUT2D eigenvalue weighted by molar-refractivity contribution is 7.15. The van der Waals surface area contributed by atoms with Crippen molar-refractivity contribution in [2.75, 3.05) is 33.2 Å². The van der Waals surface area contributed by atoms with E-state index in [2.05, 4.69) is 64.3 Å². The average Bonchev–Trinajstić information content (AvgIpc) is 3.36. The lowest BCUT2D eigenvalue weighted by Gasteiger charge is -2.29. The number of amides is 1. The zero-order valence-corrected chi connectivity index (χ0v) is 22.9. The summed E-state index contributed by atoms with van der Waals surface area (Å²) in [5.74, 6) is 0.668. The lowest BCUT2D eigenvalue weighted by Crippen LogP contribution is -2.50. The summed E-state index contributed by atoms with van der Waals surface area (Å²) in [6.45, 7) is 8.97. The normalized spacial score (nSPS) is 17.8. The van der Waals surface area contributed by atoms with Crippen LogP contribution in [0, 0.1) is 6.92 Å². The van der Waals surface area contributed by atoms with Crippen molar-refractivity contribution in [3.63, 3.8) is 0 Å². The molecule has 3 N–H and O–H groups in total. The fourth-order valence-corrected chi connectivity index (χ4v) is 5.82. The van der Waals surface area contributed by atoms with E-state index in [4.69, 9.17) is 4.74 Å². The average molecular weight is 519 g/mol. The maximum Gasteiger partial charge on any atom is 0.252 e. The molecule has 3 aromatic rings. The van der Waals surface area contributed by atoms with Crippen molar-refractivity contribution in [1.82, 2.24) is 20.9 Å². The van der Waals surface area contributed by atoms with E-state index in [0.717, 1.165) is 36.5 Å². The number of nitrogens with zero attached hydrogens (tertiary/aromatic N) is 1. The second-order valence-corrected chi connectivity index (χ2v) is 11.6. The largest absolute Gasteiger partial charge is 0.488 e. The Morgan fingerprint density at radius 2 is 1.95 bits per heavy atom. The molecule has 1 unspecified atom stereocenters. The Labute approximate surface area is 224 Å². The molecule has 5 rings (SSSR count). The van der Waals surface area contributed by atoms with Gasteiger partial charge in [-0.2, -0.15) is 0 Å². The number of benzene rings is 2. The quantitative estimate of drug-likeness (QED) is 0.382. The van der Waals surface area contributed by atoms with Crippen LogP contribution in [0.4, 0.5) is 0 Å². The third kappa shape index (κ3) is 6.60. The summed E-state index contributed by atoms with van der Waals surface area (Å²) in [7, 11) is 2.20. The van der Waals surface area contributed by atoms with Crippen molar-refractivity contribution < 1.29 is 9.53 Å². The Bertz CT molecular complexity index is 1210. The number of rotatable bonds is 9. The van der Waals surface area contributed by atoms with Gasteiger partial charge in [-0.05, 0) is 93.8 Å². The standard InChI is InChI=1S/C30H38N4O2S/c1-20-7-8-25(36-26-17-31-18-26)16-28(20)30(35)33-21(2)22-5-4-6-23(15-22)29-10-9-27(37-29)19-32-24-11-13-34(3)14-12-24/h4-10,15-16,21,24,26,31-32H,11-14,17-19H2,1-3H3,(H,33,35). The smallest absolute Gasteiger partial charge is 0.252 e. The molecule has 3 heterocycles. The van der Waals surface area contributed by atoms with Crippen LogP contribution in [0.15, 0.2) is 54.6 Å². The first-order valence-electron chi connectivity index (χ1n) is 13.3. The van der Waals surface area contributed by atoms with Gasteiger partial charge in [0.15, 0.2) is 0 Å². The van der Waals surface area contributed by atoms with Crippen LogP contribution in [0.2, 0.25) is 0 Å². The number of piperidine rings is 1. The summed E-state index contributed by atoms with van der Waals surface area (Å²) in [6.07, 6.45) is 2.62. The van der Waals surface area contributed by atoms with Gasteiger partial charge in [-0.3, -0.25) is 4.79 Å². The third-order valence-electron chi connectivity index (χ3n) is 7.46. The van der Waals surface area contributed by atoms with E-state index in [0.29, 0.717) is 11.6 Å². The van der Waals surface area contributed by atoms with Crippen LogP contribution >= 0.6 is 11.3 Å². The van der Waals surface area contributed by atoms with E-state index in [1.165, 1.54) is 41.2 Å². The highest BCUT2D eigenvalue weighted by Crippen LogP contribution is 2.30. The predicted molar refractivity (Wildman–Crippen MR) is 151 cm³/mol. The van der Waals surface area contributed by atoms with E-state index in [-0.39, 0.29) is 18.1 Å². The van der Waals surface area contributed by atoms with Crippen LogP contribution < -0.4 is 20.7 Å². The first-order chi connectivity index (χ1) is 17.9. The van der Waals surface area contributed by atoms with Gasteiger partial charge in [0.2, 0.25) is 0 Å². The van der Waals surface area contributed by atoms with Gasteiger partial charge in [-0.15, -0.1) is 11.3 Å². The summed E-state index contributed by atoms with van der Waals surface area (Å²) >= 11 is 1.84. The Kier molecular flexibility index (Phi) is 8.25. The molecule has 2 fully saturated rings. The maximum absolute atomic E-state index is 13.2. The molecule has 0 spiro atoms. The minimum atomic E-state index is -0.113. The number of aryl methyl sites for hydroxylation is 1. The Hall–Kier alpha value is -2.71. The third-order valence-corrected chi connectivity index (χ3v) is 8.60. The van der Waals surface area contributed by atoms with Gasteiger partial charge in [0.05, 0.1) is 6.04 Å². The van der Waals surface area contributed by atoms with Gasteiger partial charge < -0.3 is 25.6 Å². The SMILES string of the molecule is Cc1ccc(OC2CNC2)cc1C(=O)NC(C)c1cccc(-c2ccc(CNC3CCN(C)CC3)s2)c1. The second-order valence-electron chi connectivity index (χ2n) is 10.4. The molecular formula is C30H38N4O2S. The second kappa shape index (κ2) is 11.8. The zero-order valence-electron chi connectivity index (χ0n) is 22.0. The molecule has 6 nitrogen and oxygen atoms in total. The van der Waals surface area contributed by atoms with E-state index in [1.54, 1.807) is 0 Å². The summed E-state index contributed by atoms with van der Waals surface area (Å²) < 4.78 is 5.96. The number of carbonyl (C=O) groups is 1. The van der Waals surface area contributed by atoms with E-state index in [9.17, 15) is 4.79 Å². The topological polar surface area (TPSA) is 65.6 Å². The Morgan fingerprint density at radius 3 is 2.70 bits per heavy atom. The van der Waals surface area contributed by atoms with Gasteiger partial charge in [0.1, 0.15) is 11.9 Å². The number of hydrogen-bond acceptors (Lipinski definition) is 6. The fraction of sp³-hybridized carbons (Fsp3) is 0.433. The van der Waals surface area contributed by atoms with Crippen molar-refractivity contribution in [1.29, 1.82) is 0 Å². The molecule has 1 amide bonds. The van der Waals surface area contributed by atoms with Crippen molar-refractivity contribution in [3.8, 4) is 16.2 Å². The number of likely N-dealkylation sites (tertiary alicyclic amines) is 1. The number of nitrogens with one attached hydrogen (secondary N) is 3. The van der Waals surface area contributed by atoms with Crippen molar-refractivity contribution in [2.24, 2.45) is 0 Å². The zero-order chi connectivity index (χ0) is 25.8.